The number of benzene rings is 2. The molecule has 0 bridgehead atoms. The van der Waals surface area contributed by atoms with Crippen LogP contribution in [-0.4, -0.2) is 30.4 Å². The van der Waals surface area contributed by atoms with Crippen LogP contribution < -0.4 is 14.9 Å². The van der Waals surface area contributed by atoms with Gasteiger partial charge in [0.1, 0.15) is 11.5 Å². The van der Waals surface area contributed by atoms with E-state index in [4.69, 9.17) is 19.5 Å². The first kappa shape index (κ1) is 22.3. The summed E-state index contributed by atoms with van der Waals surface area (Å²) >= 11 is 0. The van der Waals surface area contributed by atoms with E-state index in [1.165, 1.54) is 24.8 Å². The zero-order valence-corrected chi connectivity index (χ0v) is 17.0. The minimum absolute atomic E-state index is 0.471. The van der Waals surface area contributed by atoms with E-state index in [1.54, 1.807) is 24.3 Å². The molecule has 0 aliphatic rings. The van der Waals surface area contributed by atoms with Crippen molar-refractivity contribution in [2.24, 2.45) is 0 Å². The Morgan fingerprint density at radius 2 is 1.21 bits per heavy atom. The fourth-order valence-electron chi connectivity index (χ4n) is 3.01. The molecule has 2 rings (SSSR count). The third-order valence-corrected chi connectivity index (χ3v) is 4.75. The second-order valence-electron chi connectivity index (χ2n) is 7.15. The molecule has 5 heteroatoms. The van der Waals surface area contributed by atoms with E-state index in [2.05, 4.69) is 31.2 Å². The summed E-state index contributed by atoms with van der Waals surface area (Å²) in [5, 5.41) is 18.1. The first-order chi connectivity index (χ1) is 13.7. The van der Waals surface area contributed by atoms with Crippen LogP contribution in [0.1, 0.15) is 57.4 Å². The maximum atomic E-state index is 9.06. The van der Waals surface area contributed by atoms with Gasteiger partial charge in [-0.1, -0.05) is 44.0 Å². The number of aryl methyl sites for hydroxylation is 1. The lowest BCUT2D eigenvalue weighted by molar-refractivity contribution is 0.287. The van der Waals surface area contributed by atoms with Crippen LogP contribution in [-0.2, 0) is 6.42 Å². The average Bonchev–Trinajstić information content (AvgIpc) is 2.71. The Bertz CT molecular complexity index is 641. The molecular weight excluding hydrogens is 351 g/mol. The zero-order valence-electron chi connectivity index (χ0n) is 17.0. The van der Waals surface area contributed by atoms with Gasteiger partial charge in [-0.3, -0.25) is 0 Å². The zero-order chi connectivity index (χ0) is 20.0. The van der Waals surface area contributed by atoms with Crippen LogP contribution >= 0.6 is 0 Å². The summed E-state index contributed by atoms with van der Waals surface area (Å²) in [6.07, 6.45) is 9.24. The van der Waals surface area contributed by atoms with Gasteiger partial charge in [-0.25, -0.2) is 0 Å². The van der Waals surface area contributed by atoms with Crippen molar-refractivity contribution >= 4 is 12.6 Å². The van der Waals surface area contributed by atoms with Crippen LogP contribution in [0, 0.1) is 0 Å². The Balaban J connectivity index is 1.49. The predicted molar refractivity (Wildman–Crippen MR) is 115 cm³/mol. The van der Waals surface area contributed by atoms with Gasteiger partial charge >= 0.3 is 7.12 Å². The van der Waals surface area contributed by atoms with Crippen LogP contribution in [0.25, 0.3) is 0 Å². The van der Waals surface area contributed by atoms with Crippen molar-refractivity contribution < 1.29 is 19.5 Å². The number of unbranched alkanes of at least 4 members (excludes halogenated alkanes) is 5. The molecule has 2 aromatic rings. The van der Waals surface area contributed by atoms with Crippen molar-refractivity contribution in [2.75, 3.05) is 13.2 Å². The number of ether oxygens (including phenoxy) is 2. The highest BCUT2D eigenvalue weighted by Crippen LogP contribution is 2.15. The lowest BCUT2D eigenvalue weighted by Gasteiger charge is -2.08. The van der Waals surface area contributed by atoms with Gasteiger partial charge in [-0.05, 0) is 73.8 Å². The summed E-state index contributed by atoms with van der Waals surface area (Å²) in [5.74, 6) is 1.71. The molecule has 4 nitrogen and oxygen atoms in total. The summed E-state index contributed by atoms with van der Waals surface area (Å²) in [6.45, 7) is 3.65. The second kappa shape index (κ2) is 13.2. The molecule has 0 heterocycles. The van der Waals surface area contributed by atoms with Crippen molar-refractivity contribution in [3.63, 3.8) is 0 Å². The molecule has 0 unspecified atom stereocenters. The SMILES string of the molecule is CCCCCc1ccc(OCCCCCCOc2ccc(B(O)O)cc2)cc1. The van der Waals surface area contributed by atoms with Crippen molar-refractivity contribution in [2.45, 2.75) is 58.3 Å². The molecule has 0 aromatic heterocycles. The van der Waals surface area contributed by atoms with E-state index in [0.29, 0.717) is 12.1 Å². The molecule has 0 amide bonds. The normalized spacial score (nSPS) is 10.7. The van der Waals surface area contributed by atoms with E-state index in [1.807, 2.05) is 0 Å². The van der Waals surface area contributed by atoms with Gasteiger partial charge in [0.15, 0.2) is 0 Å². The summed E-state index contributed by atoms with van der Waals surface area (Å²) in [4.78, 5) is 0. The standard InChI is InChI=1S/C23H33BO4/c1-2-3-6-9-20-10-14-22(15-11-20)27-18-7-4-5-8-19-28-23-16-12-21(13-17-23)24(25)26/h10-17,25-26H,2-9,18-19H2,1H3. The molecule has 0 spiro atoms. The monoisotopic (exact) mass is 384 g/mol. The molecule has 2 aromatic carbocycles. The van der Waals surface area contributed by atoms with Gasteiger partial charge < -0.3 is 19.5 Å². The van der Waals surface area contributed by atoms with Crippen molar-refractivity contribution in [3.05, 3.63) is 54.1 Å². The molecule has 2 N–H and O–H groups in total. The Kier molecular flexibility index (Phi) is 10.6. The predicted octanol–water partition coefficient (Wildman–Crippen LogP) is 4.12. The highest BCUT2D eigenvalue weighted by atomic mass is 16.5. The van der Waals surface area contributed by atoms with Crippen molar-refractivity contribution in [3.8, 4) is 11.5 Å². The summed E-state index contributed by atoms with van der Waals surface area (Å²) in [6, 6.07) is 15.4. The van der Waals surface area contributed by atoms with Gasteiger partial charge in [-0.15, -0.1) is 0 Å². The van der Waals surface area contributed by atoms with E-state index in [-0.39, 0.29) is 0 Å². The van der Waals surface area contributed by atoms with Gasteiger partial charge in [0.05, 0.1) is 13.2 Å². The molecule has 28 heavy (non-hydrogen) atoms. The Morgan fingerprint density at radius 3 is 1.71 bits per heavy atom. The van der Waals surface area contributed by atoms with E-state index >= 15 is 0 Å². The third kappa shape index (κ3) is 8.81. The number of rotatable bonds is 14. The lowest BCUT2D eigenvalue weighted by Crippen LogP contribution is -2.29. The smallest absolute Gasteiger partial charge is 0.488 e. The quantitative estimate of drug-likeness (QED) is 0.380. The fourth-order valence-corrected chi connectivity index (χ4v) is 3.01. The highest BCUT2D eigenvalue weighted by Gasteiger charge is 2.09. The maximum Gasteiger partial charge on any atom is 0.488 e. The van der Waals surface area contributed by atoms with E-state index < -0.39 is 7.12 Å². The van der Waals surface area contributed by atoms with Gasteiger partial charge in [0, 0.05) is 0 Å². The molecule has 0 aliphatic heterocycles. The number of hydrogen-bond donors (Lipinski definition) is 2. The molecule has 0 fully saturated rings. The third-order valence-electron chi connectivity index (χ3n) is 4.75. The van der Waals surface area contributed by atoms with Gasteiger partial charge in [0.2, 0.25) is 0 Å². The first-order valence-corrected chi connectivity index (χ1v) is 10.5. The minimum atomic E-state index is -1.43. The van der Waals surface area contributed by atoms with Crippen LogP contribution in [0.2, 0.25) is 0 Å². The summed E-state index contributed by atoms with van der Waals surface area (Å²) in [5.41, 5.74) is 1.86. The van der Waals surface area contributed by atoms with E-state index in [9.17, 15) is 0 Å². The van der Waals surface area contributed by atoms with Crippen molar-refractivity contribution in [1.82, 2.24) is 0 Å². The molecule has 0 radical (unpaired) electrons. The molecule has 0 atom stereocenters. The molecule has 0 aliphatic carbocycles. The molecule has 0 saturated heterocycles. The van der Waals surface area contributed by atoms with Crippen molar-refractivity contribution in [1.29, 1.82) is 0 Å². The lowest BCUT2D eigenvalue weighted by atomic mass is 9.80. The minimum Gasteiger partial charge on any atom is -0.494 e. The Hall–Kier alpha value is -1.98. The van der Waals surface area contributed by atoms with Gasteiger partial charge in [0.25, 0.3) is 0 Å². The first-order valence-electron chi connectivity index (χ1n) is 10.5. The number of hydrogen-bond acceptors (Lipinski definition) is 4. The molecular formula is C23H33BO4. The summed E-state index contributed by atoms with van der Waals surface area (Å²) < 4.78 is 11.5. The largest absolute Gasteiger partial charge is 0.494 e. The average molecular weight is 384 g/mol. The van der Waals surface area contributed by atoms with Crippen LogP contribution in [0.15, 0.2) is 48.5 Å². The molecule has 0 saturated carbocycles. The topological polar surface area (TPSA) is 58.9 Å². The molecule has 152 valence electrons. The van der Waals surface area contributed by atoms with Gasteiger partial charge in [-0.2, -0.15) is 0 Å². The summed E-state index contributed by atoms with van der Waals surface area (Å²) in [7, 11) is -1.43. The van der Waals surface area contributed by atoms with Crippen LogP contribution in [0.3, 0.4) is 0 Å². The van der Waals surface area contributed by atoms with Crippen LogP contribution in [0.4, 0.5) is 0 Å². The Morgan fingerprint density at radius 1 is 0.679 bits per heavy atom. The van der Waals surface area contributed by atoms with E-state index in [0.717, 1.165) is 50.2 Å². The maximum absolute atomic E-state index is 9.06. The second-order valence-corrected chi connectivity index (χ2v) is 7.15. The van der Waals surface area contributed by atoms with Crippen LogP contribution in [0.5, 0.6) is 11.5 Å². The highest BCUT2D eigenvalue weighted by molar-refractivity contribution is 6.58. The Labute approximate surface area is 169 Å². The fraction of sp³-hybridized carbons (Fsp3) is 0.478.